The highest BCUT2D eigenvalue weighted by atomic mass is 16.2. The van der Waals surface area contributed by atoms with Gasteiger partial charge in [-0.25, -0.2) is 0 Å². The molecule has 1 aliphatic rings. The van der Waals surface area contributed by atoms with Crippen LogP contribution in [-0.2, 0) is 4.79 Å². The number of amides is 2. The first-order valence-electron chi connectivity index (χ1n) is 6.69. The van der Waals surface area contributed by atoms with Crippen molar-refractivity contribution in [1.29, 1.82) is 5.26 Å². The first kappa shape index (κ1) is 14.1. The lowest BCUT2D eigenvalue weighted by atomic mass is 10.1. The SMILES string of the molecule is Cc1c(NC(=O)CC#N)cccc1C(=O)N1CCCC1. The van der Waals surface area contributed by atoms with Crippen molar-refractivity contribution in [3.05, 3.63) is 29.3 Å². The molecule has 1 aromatic carbocycles. The molecule has 0 bridgehead atoms. The first-order valence-corrected chi connectivity index (χ1v) is 6.69. The van der Waals surface area contributed by atoms with Gasteiger partial charge in [-0.2, -0.15) is 5.26 Å². The fourth-order valence-electron chi connectivity index (χ4n) is 2.36. The van der Waals surface area contributed by atoms with Crippen LogP contribution in [0.2, 0.25) is 0 Å². The van der Waals surface area contributed by atoms with Crippen LogP contribution in [0.15, 0.2) is 18.2 Å². The number of carbonyl (C=O) groups is 2. The number of rotatable bonds is 3. The normalized spacial score (nSPS) is 13.9. The van der Waals surface area contributed by atoms with Crippen LogP contribution in [0.5, 0.6) is 0 Å². The third-order valence-corrected chi connectivity index (χ3v) is 3.47. The summed E-state index contributed by atoms with van der Waals surface area (Å²) in [4.78, 5) is 25.7. The van der Waals surface area contributed by atoms with Crippen LogP contribution in [0.3, 0.4) is 0 Å². The van der Waals surface area contributed by atoms with Gasteiger partial charge in [-0.3, -0.25) is 9.59 Å². The monoisotopic (exact) mass is 271 g/mol. The molecular weight excluding hydrogens is 254 g/mol. The molecular formula is C15H17N3O2. The highest BCUT2D eigenvalue weighted by Crippen LogP contribution is 2.22. The Bertz CT molecular complexity index is 569. The Labute approximate surface area is 118 Å². The predicted molar refractivity (Wildman–Crippen MR) is 75.2 cm³/mol. The highest BCUT2D eigenvalue weighted by Gasteiger charge is 2.21. The number of nitrogens with zero attached hydrogens (tertiary/aromatic N) is 2. The van der Waals surface area contributed by atoms with Crippen LogP contribution >= 0.6 is 0 Å². The van der Waals surface area contributed by atoms with Crippen LogP contribution < -0.4 is 5.32 Å². The van der Waals surface area contributed by atoms with E-state index in [-0.39, 0.29) is 18.2 Å². The second-order valence-electron chi connectivity index (χ2n) is 4.86. The minimum absolute atomic E-state index is 0.0105. The number of benzene rings is 1. The van der Waals surface area contributed by atoms with Crippen molar-refractivity contribution < 1.29 is 9.59 Å². The molecule has 0 unspecified atom stereocenters. The van der Waals surface area contributed by atoms with E-state index in [1.54, 1.807) is 24.3 Å². The zero-order valence-electron chi connectivity index (χ0n) is 11.5. The molecule has 5 nitrogen and oxygen atoms in total. The Balaban J connectivity index is 2.20. The van der Waals surface area contributed by atoms with Gasteiger partial charge in [0.15, 0.2) is 0 Å². The highest BCUT2D eigenvalue weighted by molar-refractivity contribution is 5.99. The van der Waals surface area contributed by atoms with Crippen molar-refractivity contribution in [3.63, 3.8) is 0 Å². The van der Waals surface area contributed by atoms with Crippen molar-refractivity contribution in [1.82, 2.24) is 4.90 Å². The number of hydrogen-bond acceptors (Lipinski definition) is 3. The molecule has 2 rings (SSSR count). The van der Waals surface area contributed by atoms with Crippen molar-refractivity contribution in [2.24, 2.45) is 0 Å². The zero-order chi connectivity index (χ0) is 14.5. The number of hydrogen-bond donors (Lipinski definition) is 1. The van der Waals surface area contributed by atoms with Gasteiger partial charge in [-0.05, 0) is 37.5 Å². The average Bonchev–Trinajstić information content (AvgIpc) is 2.95. The Kier molecular flexibility index (Phi) is 4.36. The largest absolute Gasteiger partial charge is 0.339 e. The minimum Gasteiger partial charge on any atom is -0.339 e. The molecule has 1 fully saturated rings. The van der Waals surface area contributed by atoms with E-state index in [0.717, 1.165) is 31.5 Å². The number of nitrogens with one attached hydrogen (secondary N) is 1. The summed E-state index contributed by atoms with van der Waals surface area (Å²) in [5.41, 5.74) is 1.95. The summed E-state index contributed by atoms with van der Waals surface area (Å²) in [5.74, 6) is -0.349. The lowest BCUT2D eigenvalue weighted by molar-refractivity contribution is -0.115. The topological polar surface area (TPSA) is 73.2 Å². The number of anilines is 1. The van der Waals surface area contributed by atoms with E-state index in [1.807, 2.05) is 11.8 Å². The van der Waals surface area contributed by atoms with E-state index < -0.39 is 0 Å². The summed E-state index contributed by atoms with van der Waals surface area (Å²) in [6, 6.07) is 7.07. The Morgan fingerprint density at radius 2 is 2.05 bits per heavy atom. The third kappa shape index (κ3) is 2.97. The fourth-order valence-corrected chi connectivity index (χ4v) is 2.36. The van der Waals surface area contributed by atoms with E-state index in [2.05, 4.69) is 5.32 Å². The van der Waals surface area contributed by atoms with Gasteiger partial charge in [-0.1, -0.05) is 6.07 Å². The molecule has 20 heavy (non-hydrogen) atoms. The number of likely N-dealkylation sites (tertiary alicyclic amines) is 1. The van der Waals surface area contributed by atoms with Crippen molar-refractivity contribution in [2.45, 2.75) is 26.2 Å². The van der Waals surface area contributed by atoms with Gasteiger partial charge in [0, 0.05) is 24.3 Å². The molecule has 1 aliphatic heterocycles. The molecule has 0 aliphatic carbocycles. The van der Waals surface area contributed by atoms with Gasteiger partial charge in [0.1, 0.15) is 6.42 Å². The molecule has 0 radical (unpaired) electrons. The van der Waals surface area contributed by atoms with Crippen LogP contribution in [0.25, 0.3) is 0 Å². The van der Waals surface area contributed by atoms with Gasteiger partial charge >= 0.3 is 0 Å². The summed E-state index contributed by atoms with van der Waals surface area (Å²) in [6.07, 6.45) is 1.90. The molecule has 104 valence electrons. The maximum atomic E-state index is 12.4. The van der Waals surface area contributed by atoms with E-state index in [9.17, 15) is 9.59 Å². The van der Waals surface area contributed by atoms with Crippen LogP contribution in [0, 0.1) is 18.3 Å². The van der Waals surface area contributed by atoms with Crippen molar-refractivity contribution >= 4 is 17.5 Å². The van der Waals surface area contributed by atoms with E-state index in [0.29, 0.717) is 11.3 Å². The average molecular weight is 271 g/mol. The van der Waals surface area contributed by atoms with E-state index in [4.69, 9.17) is 5.26 Å². The summed E-state index contributed by atoms with van der Waals surface area (Å²) >= 11 is 0. The molecule has 0 saturated carbocycles. The third-order valence-electron chi connectivity index (χ3n) is 3.47. The fraction of sp³-hybridized carbons (Fsp3) is 0.400. The van der Waals surface area contributed by atoms with Crippen molar-refractivity contribution in [2.75, 3.05) is 18.4 Å². The summed E-state index contributed by atoms with van der Waals surface area (Å²) < 4.78 is 0. The zero-order valence-corrected chi connectivity index (χ0v) is 11.5. The van der Waals surface area contributed by atoms with Gasteiger partial charge in [0.2, 0.25) is 5.91 Å². The summed E-state index contributed by atoms with van der Waals surface area (Å²) in [5, 5.41) is 11.2. The predicted octanol–water partition coefficient (Wildman–Crippen LogP) is 2.08. The smallest absolute Gasteiger partial charge is 0.254 e. The minimum atomic E-state index is -0.360. The molecule has 1 saturated heterocycles. The maximum absolute atomic E-state index is 12.4. The molecule has 5 heteroatoms. The standard InChI is InChI=1S/C15H17N3O2/c1-11-12(15(20)18-9-2-3-10-18)5-4-6-13(11)17-14(19)7-8-16/h4-6H,2-3,7,9-10H2,1H3,(H,17,19). The lowest BCUT2D eigenvalue weighted by Gasteiger charge is -2.18. The molecule has 1 heterocycles. The second kappa shape index (κ2) is 6.20. The molecule has 0 aromatic heterocycles. The maximum Gasteiger partial charge on any atom is 0.254 e. The van der Waals surface area contributed by atoms with Crippen LogP contribution in [0.4, 0.5) is 5.69 Å². The van der Waals surface area contributed by atoms with E-state index >= 15 is 0 Å². The van der Waals surface area contributed by atoms with Gasteiger partial charge < -0.3 is 10.2 Å². The Morgan fingerprint density at radius 1 is 1.35 bits per heavy atom. The molecule has 1 N–H and O–H groups in total. The molecule has 2 amide bonds. The Morgan fingerprint density at radius 3 is 2.70 bits per heavy atom. The van der Waals surface area contributed by atoms with Gasteiger partial charge in [-0.15, -0.1) is 0 Å². The molecule has 0 spiro atoms. The second-order valence-corrected chi connectivity index (χ2v) is 4.86. The number of carbonyl (C=O) groups excluding carboxylic acids is 2. The van der Waals surface area contributed by atoms with Gasteiger partial charge in [0.25, 0.3) is 5.91 Å². The Hall–Kier alpha value is -2.35. The summed E-state index contributed by atoms with van der Waals surface area (Å²) in [6.45, 7) is 3.40. The lowest BCUT2D eigenvalue weighted by Crippen LogP contribution is -2.28. The van der Waals surface area contributed by atoms with E-state index in [1.165, 1.54) is 0 Å². The first-order chi connectivity index (χ1) is 9.63. The summed E-state index contributed by atoms with van der Waals surface area (Å²) in [7, 11) is 0. The quantitative estimate of drug-likeness (QED) is 0.914. The van der Waals surface area contributed by atoms with Crippen LogP contribution in [-0.4, -0.2) is 29.8 Å². The number of nitriles is 1. The van der Waals surface area contributed by atoms with Crippen LogP contribution in [0.1, 0.15) is 35.2 Å². The van der Waals surface area contributed by atoms with Gasteiger partial charge in [0.05, 0.1) is 6.07 Å². The molecule has 1 aromatic rings. The van der Waals surface area contributed by atoms with Crippen molar-refractivity contribution in [3.8, 4) is 6.07 Å². The molecule has 0 atom stereocenters.